The zero-order valence-electron chi connectivity index (χ0n) is 15.7. The third-order valence-corrected chi connectivity index (χ3v) is 4.22. The first kappa shape index (κ1) is 19.2. The number of carbonyl (C=O) groups excluding carboxylic acids is 2. The summed E-state index contributed by atoms with van der Waals surface area (Å²) in [4.78, 5) is 40.2. The Morgan fingerprint density at radius 3 is 2.57 bits per heavy atom. The quantitative estimate of drug-likeness (QED) is 0.725. The maximum absolute atomic E-state index is 13.7. The molecule has 0 saturated carbocycles. The summed E-state index contributed by atoms with van der Waals surface area (Å²) in [5.41, 5.74) is 2.01. The molecule has 0 atom stereocenters. The van der Waals surface area contributed by atoms with E-state index in [1.165, 1.54) is 19.1 Å². The monoisotopic (exact) mass is 382 g/mol. The van der Waals surface area contributed by atoms with Crippen molar-refractivity contribution in [1.82, 2.24) is 9.55 Å². The van der Waals surface area contributed by atoms with Crippen molar-refractivity contribution < 1.29 is 14.0 Å². The molecule has 0 fully saturated rings. The van der Waals surface area contributed by atoms with Crippen LogP contribution in [0.25, 0.3) is 11.0 Å². The Hall–Kier alpha value is -3.55. The first-order valence-electron chi connectivity index (χ1n) is 8.70. The Kier molecular flexibility index (Phi) is 5.21. The summed E-state index contributed by atoms with van der Waals surface area (Å²) in [5, 5.41) is 5.03. The van der Waals surface area contributed by atoms with E-state index in [9.17, 15) is 18.8 Å². The van der Waals surface area contributed by atoms with Crippen LogP contribution in [-0.2, 0) is 11.3 Å². The SMILES string of the molecule is CCn1c(=O)c(C)nc2cc(C(=O)Nc3ccc(F)c(NC(C)=O)c3)ccc21. The number of anilines is 2. The van der Waals surface area contributed by atoms with Gasteiger partial charge in [-0.1, -0.05) is 0 Å². The average molecular weight is 382 g/mol. The molecule has 0 saturated heterocycles. The van der Waals surface area contributed by atoms with E-state index in [0.29, 0.717) is 34.5 Å². The molecular weight excluding hydrogens is 363 g/mol. The third-order valence-electron chi connectivity index (χ3n) is 4.22. The van der Waals surface area contributed by atoms with Crippen molar-refractivity contribution >= 4 is 34.2 Å². The van der Waals surface area contributed by atoms with E-state index in [0.717, 1.165) is 6.07 Å². The molecule has 8 heteroatoms. The highest BCUT2D eigenvalue weighted by Crippen LogP contribution is 2.21. The van der Waals surface area contributed by atoms with E-state index < -0.39 is 17.6 Å². The van der Waals surface area contributed by atoms with E-state index in [4.69, 9.17) is 0 Å². The smallest absolute Gasteiger partial charge is 0.272 e. The lowest BCUT2D eigenvalue weighted by Crippen LogP contribution is -2.23. The number of hydrogen-bond acceptors (Lipinski definition) is 4. The zero-order valence-corrected chi connectivity index (χ0v) is 15.7. The van der Waals surface area contributed by atoms with Gasteiger partial charge in [-0.25, -0.2) is 9.37 Å². The highest BCUT2D eigenvalue weighted by Gasteiger charge is 2.13. The first-order chi connectivity index (χ1) is 13.3. The second-order valence-electron chi connectivity index (χ2n) is 6.28. The van der Waals surface area contributed by atoms with Crippen molar-refractivity contribution in [2.75, 3.05) is 10.6 Å². The molecule has 3 aromatic rings. The Morgan fingerprint density at radius 2 is 1.89 bits per heavy atom. The minimum atomic E-state index is -0.601. The topological polar surface area (TPSA) is 93.1 Å². The lowest BCUT2D eigenvalue weighted by molar-refractivity contribution is -0.114. The van der Waals surface area contributed by atoms with Crippen LogP contribution < -0.4 is 16.2 Å². The summed E-state index contributed by atoms with van der Waals surface area (Å²) >= 11 is 0. The van der Waals surface area contributed by atoms with E-state index in [2.05, 4.69) is 15.6 Å². The number of nitrogens with one attached hydrogen (secondary N) is 2. The van der Waals surface area contributed by atoms with Gasteiger partial charge in [-0.2, -0.15) is 0 Å². The summed E-state index contributed by atoms with van der Waals surface area (Å²) < 4.78 is 15.3. The van der Waals surface area contributed by atoms with Crippen LogP contribution in [0, 0.1) is 12.7 Å². The molecule has 144 valence electrons. The highest BCUT2D eigenvalue weighted by atomic mass is 19.1. The van der Waals surface area contributed by atoms with Crippen molar-refractivity contribution in [2.24, 2.45) is 0 Å². The minimum absolute atomic E-state index is 0.0203. The Morgan fingerprint density at radius 1 is 1.14 bits per heavy atom. The fraction of sp³-hybridized carbons (Fsp3) is 0.200. The van der Waals surface area contributed by atoms with Crippen LogP contribution in [0.3, 0.4) is 0 Å². The lowest BCUT2D eigenvalue weighted by atomic mass is 10.1. The normalized spacial score (nSPS) is 10.7. The first-order valence-corrected chi connectivity index (χ1v) is 8.70. The van der Waals surface area contributed by atoms with Crippen molar-refractivity contribution in [3.05, 3.63) is 63.8 Å². The maximum atomic E-state index is 13.7. The maximum Gasteiger partial charge on any atom is 0.272 e. The number of benzene rings is 2. The van der Waals surface area contributed by atoms with E-state index in [-0.39, 0.29) is 11.2 Å². The van der Waals surface area contributed by atoms with Crippen molar-refractivity contribution in [1.29, 1.82) is 0 Å². The van der Waals surface area contributed by atoms with Gasteiger partial charge in [0.25, 0.3) is 11.5 Å². The molecule has 2 aromatic carbocycles. The molecule has 28 heavy (non-hydrogen) atoms. The van der Waals surface area contributed by atoms with Crippen LogP contribution in [0.15, 0.2) is 41.2 Å². The number of aromatic nitrogens is 2. The molecule has 0 unspecified atom stereocenters. The number of fused-ring (bicyclic) bond motifs is 1. The van der Waals surface area contributed by atoms with Gasteiger partial charge in [0, 0.05) is 24.7 Å². The predicted molar refractivity (Wildman–Crippen MR) is 105 cm³/mol. The van der Waals surface area contributed by atoms with Crippen LogP contribution >= 0.6 is 0 Å². The second-order valence-corrected chi connectivity index (χ2v) is 6.28. The number of rotatable bonds is 4. The fourth-order valence-electron chi connectivity index (χ4n) is 2.92. The van der Waals surface area contributed by atoms with Crippen LogP contribution in [0.2, 0.25) is 0 Å². The fourth-order valence-corrected chi connectivity index (χ4v) is 2.92. The van der Waals surface area contributed by atoms with E-state index >= 15 is 0 Å². The van der Waals surface area contributed by atoms with Gasteiger partial charge in [-0.15, -0.1) is 0 Å². The predicted octanol–water partition coefficient (Wildman–Crippen LogP) is 3.07. The number of hydrogen-bond donors (Lipinski definition) is 2. The van der Waals surface area contributed by atoms with Crippen molar-refractivity contribution in [3.63, 3.8) is 0 Å². The van der Waals surface area contributed by atoms with Gasteiger partial charge in [-0.05, 0) is 50.2 Å². The Labute approximate surface area is 160 Å². The van der Waals surface area contributed by atoms with Crippen LogP contribution in [0.1, 0.15) is 29.9 Å². The molecule has 1 aromatic heterocycles. The zero-order chi connectivity index (χ0) is 20.4. The second kappa shape index (κ2) is 7.59. The Balaban J connectivity index is 1.93. The van der Waals surface area contributed by atoms with Crippen molar-refractivity contribution in [2.45, 2.75) is 27.3 Å². The molecule has 0 spiro atoms. The van der Waals surface area contributed by atoms with Gasteiger partial charge in [-0.3, -0.25) is 14.4 Å². The third kappa shape index (κ3) is 3.75. The van der Waals surface area contributed by atoms with Gasteiger partial charge in [0.05, 0.1) is 16.7 Å². The number of nitrogens with zero attached hydrogens (tertiary/aromatic N) is 2. The molecule has 3 rings (SSSR count). The Bertz CT molecular complexity index is 1150. The highest BCUT2D eigenvalue weighted by molar-refractivity contribution is 6.06. The number of halogens is 1. The standard InChI is InChI=1S/C20H19FN4O3/c1-4-25-18-8-5-13(9-17(18)22-11(2)20(25)28)19(27)24-14-6-7-15(21)16(10-14)23-12(3)26/h5-10H,4H2,1-3H3,(H,23,26)(H,24,27). The van der Waals surface area contributed by atoms with E-state index in [1.54, 1.807) is 29.7 Å². The molecule has 2 N–H and O–H groups in total. The van der Waals surface area contributed by atoms with Gasteiger partial charge in [0.2, 0.25) is 5.91 Å². The van der Waals surface area contributed by atoms with Gasteiger partial charge < -0.3 is 15.2 Å². The number of amides is 2. The molecule has 0 aliphatic heterocycles. The minimum Gasteiger partial charge on any atom is -0.324 e. The molecule has 0 aliphatic rings. The van der Waals surface area contributed by atoms with Gasteiger partial charge >= 0.3 is 0 Å². The largest absolute Gasteiger partial charge is 0.324 e. The van der Waals surface area contributed by atoms with Crippen LogP contribution in [0.5, 0.6) is 0 Å². The average Bonchev–Trinajstić information content (AvgIpc) is 2.64. The van der Waals surface area contributed by atoms with Crippen molar-refractivity contribution in [3.8, 4) is 0 Å². The van der Waals surface area contributed by atoms with Crippen LogP contribution in [0.4, 0.5) is 15.8 Å². The van der Waals surface area contributed by atoms with Crippen LogP contribution in [-0.4, -0.2) is 21.4 Å². The summed E-state index contributed by atoms with van der Waals surface area (Å²) in [7, 11) is 0. The molecule has 0 radical (unpaired) electrons. The van der Waals surface area contributed by atoms with Gasteiger partial charge in [0.15, 0.2) is 0 Å². The molecular formula is C20H19FN4O3. The molecule has 0 aliphatic carbocycles. The summed E-state index contributed by atoms with van der Waals surface area (Å²) in [5.74, 6) is -1.44. The number of carbonyl (C=O) groups is 2. The van der Waals surface area contributed by atoms with E-state index in [1.807, 2.05) is 6.92 Å². The van der Waals surface area contributed by atoms with Gasteiger partial charge in [0.1, 0.15) is 11.5 Å². The molecule has 1 heterocycles. The lowest BCUT2D eigenvalue weighted by Gasteiger charge is -2.11. The summed E-state index contributed by atoms with van der Waals surface area (Å²) in [6.07, 6.45) is 0. The molecule has 0 bridgehead atoms. The molecule has 7 nitrogen and oxygen atoms in total. The summed E-state index contributed by atoms with van der Waals surface area (Å²) in [6, 6.07) is 8.77. The molecule has 2 amide bonds. The number of aryl methyl sites for hydroxylation is 2. The summed E-state index contributed by atoms with van der Waals surface area (Å²) in [6.45, 7) is 5.25.